The quantitative estimate of drug-likeness (QED) is 0.645. The van der Waals surface area contributed by atoms with Crippen molar-refractivity contribution in [2.75, 3.05) is 0 Å². The number of fused-ring (bicyclic) bond motifs is 1. The molecule has 0 amide bonds. The SMILES string of the molecule is [C-]#[N+]c1ccc2c(c1)[C@@H](n1nc(-c3ccc(Cl)cc3)ccc1=O)[C@H](O)C(C)(C)O2. The zero-order chi connectivity index (χ0) is 20.8. The lowest BCUT2D eigenvalue weighted by molar-refractivity contribution is -0.0665. The molecule has 1 aromatic heterocycles. The van der Waals surface area contributed by atoms with Crippen LogP contribution < -0.4 is 10.3 Å². The molecule has 0 aliphatic carbocycles. The minimum absolute atomic E-state index is 0.358. The molecule has 2 heterocycles. The maximum atomic E-state index is 12.7. The third-order valence-corrected chi connectivity index (χ3v) is 5.31. The Morgan fingerprint density at radius 3 is 2.59 bits per heavy atom. The Morgan fingerprint density at radius 1 is 1.17 bits per heavy atom. The summed E-state index contributed by atoms with van der Waals surface area (Å²) in [6.07, 6.45) is -1.05. The van der Waals surface area contributed by atoms with Gasteiger partial charge in [0.2, 0.25) is 0 Å². The van der Waals surface area contributed by atoms with Gasteiger partial charge >= 0.3 is 0 Å². The third-order valence-electron chi connectivity index (χ3n) is 5.05. The van der Waals surface area contributed by atoms with Crippen LogP contribution in [0.5, 0.6) is 5.75 Å². The first-order valence-corrected chi connectivity index (χ1v) is 9.42. The number of rotatable bonds is 2. The van der Waals surface area contributed by atoms with Gasteiger partial charge in [-0.15, -0.1) is 0 Å². The predicted octanol–water partition coefficient (Wildman–Crippen LogP) is 4.24. The summed E-state index contributed by atoms with van der Waals surface area (Å²) in [4.78, 5) is 16.2. The van der Waals surface area contributed by atoms with E-state index in [1.165, 1.54) is 10.7 Å². The molecule has 6 nitrogen and oxygen atoms in total. The van der Waals surface area contributed by atoms with Crippen LogP contribution in [-0.2, 0) is 0 Å². The van der Waals surface area contributed by atoms with E-state index in [0.29, 0.717) is 27.7 Å². The summed E-state index contributed by atoms with van der Waals surface area (Å²) in [5, 5.41) is 16.2. The summed E-state index contributed by atoms with van der Waals surface area (Å²) in [6, 6.07) is 14.4. The van der Waals surface area contributed by atoms with Crippen molar-refractivity contribution in [3.05, 3.63) is 87.0 Å². The monoisotopic (exact) mass is 407 g/mol. The molecule has 29 heavy (non-hydrogen) atoms. The Morgan fingerprint density at radius 2 is 1.90 bits per heavy atom. The minimum Gasteiger partial charge on any atom is -0.485 e. The van der Waals surface area contributed by atoms with Gasteiger partial charge in [-0.05, 0) is 44.2 Å². The molecule has 1 aliphatic rings. The van der Waals surface area contributed by atoms with Crippen molar-refractivity contribution < 1.29 is 9.84 Å². The highest BCUT2D eigenvalue weighted by atomic mass is 35.5. The summed E-state index contributed by atoms with van der Waals surface area (Å²) in [6.45, 7) is 10.8. The lowest BCUT2D eigenvalue weighted by atomic mass is 9.86. The fourth-order valence-electron chi connectivity index (χ4n) is 3.49. The van der Waals surface area contributed by atoms with Gasteiger partial charge in [-0.25, -0.2) is 9.53 Å². The van der Waals surface area contributed by atoms with Crippen LogP contribution in [0, 0.1) is 6.57 Å². The molecule has 0 saturated carbocycles. The third kappa shape index (κ3) is 3.39. The van der Waals surface area contributed by atoms with E-state index in [9.17, 15) is 9.90 Å². The van der Waals surface area contributed by atoms with Gasteiger partial charge in [0, 0.05) is 22.2 Å². The van der Waals surface area contributed by atoms with Crippen LogP contribution >= 0.6 is 11.6 Å². The molecular formula is C22H18ClN3O3. The van der Waals surface area contributed by atoms with E-state index in [-0.39, 0.29) is 5.56 Å². The number of halogens is 1. The van der Waals surface area contributed by atoms with Gasteiger partial charge < -0.3 is 9.84 Å². The lowest BCUT2D eigenvalue weighted by Gasteiger charge is -2.42. The Kier molecular flexibility index (Phi) is 4.65. The van der Waals surface area contributed by atoms with Crippen molar-refractivity contribution in [1.82, 2.24) is 9.78 Å². The van der Waals surface area contributed by atoms with Crippen LogP contribution in [0.1, 0.15) is 25.5 Å². The first-order valence-electron chi connectivity index (χ1n) is 9.04. The van der Waals surface area contributed by atoms with E-state index in [0.717, 1.165) is 5.56 Å². The molecule has 146 valence electrons. The standard InChI is InChI=1S/C22H18ClN3O3/c1-22(2)21(28)20(16-12-15(24-3)8-10-18(16)29-22)26-19(27)11-9-17(25-26)13-4-6-14(23)7-5-13/h4-12,20-21,28H,1-2H3/t20-,21+/m1/s1. The maximum absolute atomic E-state index is 12.7. The van der Waals surface area contributed by atoms with Crippen LogP contribution in [0.25, 0.3) is 16.1 Å². The fourth-order valence-corrected chi connectivity index (χ4v) is 3.61. The Labute approximate surface area is 172 Å². The van der Waals surface area contributed by atoms with Crippen LogP contribution in [0.4, 0.5) is 5.69 Å². The normalized spacial score (nSPS) is 19.7. The fraction of sp³-hybridized carbons (Fsp3) is 0.227. The average molecular weight is 408 g/mol. The first-order chi connectivity index (χ1) is 13.8. The minimum atomic E-state index is -1.05. The maximum Gasteiger partial charge on any atom is 0.267 e. The summed E-state index contributed by atoms with van der Waals surface area (Å²) in [7, 11) is 0. The molecule has 0 fully saturated rings. The van der Waals surface area contributed by atoms with Gasteiger partial charge in [0.25, 0.3) is 5.56 Å². The number of aliphatic hydroxyl groups is 1. The Bertz CT molecular complexity index is 1180. The molecule has 0 saturated heterocycles. The van der Waals surface area contributed by atoms with Crippen molar-refractivity contribution in [3.63, 3.8) is 0 Å². The molecule has 3 aromatic rings. The lowest BCUT2D eigenvalue weighted by Crippen LogP contribution is -2.52. The number of aromatic nitrogens is 2. The smallest absolute Gasteiger partial charge is 0.267 e. The average Bonchev–Trinajstić information content (AvgIpc) is 2.70. The molecule has 4 rings (SSSR count). The van der Waals surface area contributed by atoms with Crippen LogP contribution in [0.2, 0.25) is 5.02 Å². The molecule has 0 bridgehead atoms. The Balaban J connectivity index is 1.91. The molecule has 2 aromatic carbocycles. The molecule has 0 spiro atoms. The van der Waals surface area contributed by atoms with Crippen molar-refractivity contribution in [2.24, 2.45) is 0 Å². The van der Waals surface area contributed by atoms with Crippen molar-refractivity contribution >= 4 is 17.3 Å². The largest absolute Gasteiger partial charge is 0.485 e. The highest BCUT2D eigenvalue weighted by Crippen LogP contribution is 2.42. The second kappa shape index (κ2) is 7.03. The van der Waals surface area contributed by atoms with E-state index < -0.39 is 17.7 Å². The van der Waals surface area contributed by atoms with Gasteiger partial charge in [-0.1, -0.05) is 29.8 Å². The first kappa shape index (κ1) is 19.2. The summed E-state index contributed by atoms with van der Waals surface area (Å²) in [5.41, 5.74) is 0.997. The predicted molar refractivity (Wildman–Crippen MR) is 110 cm³/mol. The highest BCUT2D eigenvalue weighted by molar-refractivity contribution is 6.30. The van der Waals surface area contributed by atoms with Gasteiger partial charge in [0.05, 0.1) is 12.3 Å². The Hall–Kier alpha value is -3.14. The number of nitrogens with zero attached hydrogens (tertiary/aromatic N) is 3. The number of aliphatic hydroxyl groups excluding tert-OH is 1. The van der Waals surface area contributed by atoms with Crippen LogP contribution in [-0.4, -0.2) is 26.6 Å². The summed E-state index contributed by atoms with van der Waals surface area (Å²) >= 11 is 5.97. The summed E-state index contributed by atoms with van der Waals surface area (Å²) in [5.74, 6) is 0.517. The zero-order valence-corrected chi connectivity index (χ0v) is 16.6. The molecule has 7 heteroatoms. The van der Waals surface area contributed by atoms with Crippen molar-refractivity contribution in [2.45, 2.75) is 31.6 Å². The topological polar surface area (TPSA) is 68.7 Å². The molecule has 0 radical (unpaired) electrons. The van der Waals surface area contributed by atoms with E-state index >= 15 is 0 Å². The van der Waals surface area contributed by atoms with E-state index in [1.807, 2.05) is 12.1 Å². The van der Waals surface area contributed by atoms with Gasteiger partial charge in [0.15, 0.2) is 5.69 Å². The number of benzene rings is 2. The number of hydrogen-bond donors (Lipinski definition) is 1. The van der Waals surface area contributed by atoms with E-state index in [1.54, 1.807) is 50.2 Å². The van der Waals surface area contributed by atoms with Gasteiger partial charge in [0.1, 0.15) is 23.5 Å². The molecular weight excluding hydrogens is 390 g/mol. The highest BCUT2D eigenvalue weighted by Gasteiger charge is 2.44. The second-order valence-corrected chi connectivity index (χ2v) is 7.87. The van der Waals surface area contributed by atoms with Crippen molar-refractivity contribution in [3.8, 4) is 17.0 Å². The van der Waals surface area contributed by atoms with E-state index in [4.69, 9.17) is 22.9 Å². The summed E-state index contributed by atoms with van der Waals surface area (Å²) < 4.78 is 7.21. The second-order valence-electron chi connectivity index (χ2n) is 7.44. The molecule has 2 atom stereocenters. The number of ether oxygens (including phenoxy) is 1. The molecule has 1 N–H and O–H groups in total. The number of hydrogen-bond acceptors (Lipinski definition) is 4. The van der Waals surface area contributed by atoms with Crippen molar-refractivity contribution in [1.29, 1.82) is 0 Å². The van der Waals surface area contributed by atoms with Crippen LogP contribution in [0.15, 0.2) is 59.4 Å². The van der Waals surface area contributed by atoms with Gasteiger partial charge in [-0.2, -0.15) is 5.10 Å². The van der Waals surface area contributed by atoms with E-state index in [2.05, 4.69) is 9.94 Å². The zero-order valence-electron chi connectivity index (χ0n) is 15.8. The molecule has 0 unspecified atom stereocenters. The van der Waals surface area contributed by atoms with Gasteiger partial charge in [-0.3, -0.25) is 4.79 Å². The van der Waals surface area contributed by atoms with Crippen LogP contribution in [0.3, 0.4) is 0 Å². The molecule has 1 aliphatic heterocycles.